The molecule has 0 amide bonds. The van der Waals surface area contributed by atoms with E-state index in [1.807, 2.05) is 46.0 Å². The Balaban J connectivity index is 2.47. The summed E-state index contributed by atoms with van der Waals surface area (Å²) >= 11 is 5.40. The van der Waals surface area contributed by atoms with Crippen LogP contribution < -0.4 is 6.13 Å². The van der Waals surface area contributed by atoms with Gasteiger partial charge in [0.2, 0.25) is 0 Å². The minimum Gasteiger partial charge on any atom is -0.416 e. The lowest BCUT2D eigenvalue weighted by Crippen LogP contribution is -1.85. The first-order valence-electron chi connectivity index (χ1n) is 5.01. The van der Waals surface area contributed by atoms with E-state index in [1.165, 1.54) is 31.2 Å². The van der Waals surface area contributed by atoms with Gasteiger partial charge in [-0.3, -0.25) is 0 Å². The summed E-state index contributed by atoms with van der Waals surface area (Å²) in [6.07, 6.45) is 6.22. The van der Waals surface area contributed by atoms with E-state index in [4.69, 9.17) is 6.13 Å². The molecule has 86 valence electrons. The van der Waals surface area contributed by atoms with E-state index in [1.54, 1.807) is 11.3 Å². The third kappa shape index (κ3) is 4.64. The minimum atomic E-state index is 0.924. The SMILES string of the molecule is CCCCCCc1cc(OI)sc1OI. The molecule has 0 aliphatic heterocycles. The first kappa shape index (κ1) is 13.8. The van der Waals surface area contributed by atoms with E-state index in [0.29, 0.717) is 0 Å². The zero-order chi connectivity index (χ0) is 11.1. The highest BCUT2D eigenvalue weighted by Gasteiger charge is 2.10. The number of thiophene rings is 1. The van der Waals surface area contributed by atoms with Crippen molar-refractivity contribution in [2.45, 2.75) is 39.0 Å². The predicted molar refractivity (Wildman–Crippen MR) is 81.5 cm³/mol. The zero-order valence-corrected chi connectivity index (χ0v) is 13.7. The lowest BCUT2D eigenvalue weighted by molar-refractivity contribution is 0.653. The molecule has 0 bridgehead atoms. The van der Waals surface area contributed by atoms with Gasteiger partial charge in [-0.2, -0.15) is 0 Å². The number of aryl methyl sites for hydroxylation is 1. The van der Waals surface area contributed by atoms with Crippen molar-refractivity contribution in [3.8, 4) is 10.1 Å². The number of rotatable bonds is 7. The van der Waals surface area contributed by atoms with E-state index in [2.05, 4.69) is 13.0 Å². The lowest BCUT2D eigenvalue weighted by Gasteiger charge is -1.99. The van der Waals surface area contributed by atoms with Gasteiger partial charge in [0.05, 0.1) is 0 Å². The fraction of sp³-hybridized carbons (Fsp3) is 0.600. The molecule has 0 atom stereocenters. The van der Waals surface area contributed by atoms with E-state index < -0.39 is 0 Å². The molecule has 0 aromatic carbocycles. The van der Waals surface area contributed by atoms with Crippen molar-refractivity contribution >= 4 is 57.3 Å². The van der Waals surface area contributed by atoms with Crippen LogP contribution in [0.5, 0.6) is 10.1 Å². The first-order chi connectivity index (χ1) is 7.31. The standard InChI is InChI=1S/C10H14I2O2S/c1-2-3-4-5-6-8-7-9(13-11)15-10(8)14-12/h7H,2-6H2,1H3. The fourth-order valence-corrected chi connectivity index (χ4v) is 3.10. The second kappa shape index (κ2) is 7.94. The highest BCUT2D eigenvalue weighted by Crippen LogP contribution is 2.38. The lowest BCUT2D eigenvalue weighted by atomic mass is 10.1. The molecule has 0 fully saturated rings. The molecule has 0 saturated carbocycles. The van der Waals surface area contributed by atoms with Gasteiger partial charge in [0.1, 0.15) is 0 Å². The fourth-order valence-electron chi connectivity index (χ4n) is 1.41. The molecule has 15 heavy (non-hydrogen) atoms. The molecule has 5 heteroatoms. The summed E-state index contributed by atoms with van der Waals surface area (Å²) in [6, 6.07) is 2.08. The van der Waals surface area contributed by atoms with E-state index in [9.17, 15) is 0 Å². The first-order valence-corrected chi connectivity index (χ1v) is 7.59. The monoisotopic (exact) mass is 452 g/mol. The molecule has 0 aliphatic rings. The molecule has 0 radical (unpaired) electrons. The Hall–Kier alpha value is 0.760. The van der Waals surface area contributed by atoms with Gasteiger partial charge in [0.15, 0.2) is 56.1 Å². The Morgan fingerprint density at radius 2 is 2.00 bits per heavy atom. The van der Waals surface area contributed by atoms with Gasteiger partial charge >= 0.3 is 0 Å². The average molecular weight is 452 g/mol. The molecule has 1 aromatic rings. The number of unbranched alkanes of at least 4 members (excludes halogenated alkanes) is 3. The van der Waals surface area contributed by atoms with Crippen LogP contribution >= 0.6 is 57.3 Å². The largest absolute Gasteiger partial charge is 0.416 e. The summed E-state index contributed by atoms with van der Waals surface area (Å²) in [5.74, 6) is 0. The van der Waals surface area contributed by atoms with Gasteiger partial charge in [-0.1, -0.05) is 37.5 Å². The smallest absolute Gasteiger partial charge is 0.193 e. The van der Waals surface area contributed by atoms with Crippen LogP contribution in [0.25, 0.3) is 0 Å². The van der Waals surface area contributed by atoms with Gasteiger partial charge < -0.3 is 6.13 Å². The van der Waals surface area contributed by atoms with Crippen LogP contribution in [0.4, 0.5) is 0 Å². The van der Waals surface area contributed by atoms with Gasteiger partial charge in [-0.15, -0.1) is 0 Å². The highest BCUT2D eigenvalue weighted by molar-refractivity contribution is 14.1. The van der Waals surface area contributed by atoms with Gasteiger partial charge in [-0.25, -0.2) is 0 Å². The predicted octanol–water partition coefficient (Wildman–Crippen LogP) is 5.33. The van der Waals surface area contributed by atoms with Crippen molar-refractivity contribution in [1.29, 1.82) is 0 Å². The van der Waals surface area contributed by atoms with Crippen molar-refractivity contribution < 1.29 is 6.13 Å². The van der Waals surface area contributed by atoms with Gasteiger partial charge in [0, 0.05) is 5.56 Å². The van der Waals surface area contributed by atoms with E-state index in [-0.39, 0.29) is 0 Å². The average Bonchev–Trinajstić information content (AvgIpc) is 2.67. The van der Waals surface area contributed by atoms with Crippen molar-refractivity contribution in [1.82, 2.24) is 0 Å². The molecule has 1 rings (SSSR count). The van der Waals surface area contributed by atoms with Crippen LogP contribution in [-0.4, -0.2) is 0 Å². The topological polar surface area (TPSA) is 18.5 Å². The van der Waals surface area contributed by atoms with Crippen LogP contribution in [0.1, 0.15) is 38.2 Å². The molecule has 0 saturated heterocycles. The molecular formula is C10H14I2O2S. The molecule has 0 N–H and O–H groups in total. The summed E-state index contributed by atoms with van der Waals surface area (Å²) in [5.41, 5.74) is 1.28. The zero-order valence-electron chi connectivity index (χ0n) is 8.59. The van der Waals surface area contributed by atoms with Crippen molar-refractivity contribution in [2.24, 2.45) is 0 Å². The Morgan fingerprint density at radius 1 is 1.20 bits per heavy atom. The molecule has 0 aliphatic carbocycles. The van der Waals surface area contributed by atoms with Crippen molar-refractivity contribution in [2.75, 3.05) is 0 Å². The third-order valence-electron chi connectivity index (χ3n) is 2.19. The second-order valence-electron chi connectivity index (χ2n) is 3.34. The van der Waals surface area contributed by atoms with Crippen LogP contribution in [0.2, 0.25) is 0 Å². The second-order valence-corrected chi connectivity index (χ2v) is 5.20. The molecule has 0 spiro atoms. The summed E-state index contributed by atoms with van der Waals surface area (Å²) in [6.45, 7) is 2.23. The summed E-state index contributed by atoms with van der Waals surface area (Å²) in [7, 11) is 0. The molecule has 2 nitrogen and oxygen atoms in total. The van der Waals surface area contributed by atoms with Crippen LogP contribution in [0, 0.1) is 0 Å². The molecule has 1 heterocycles. The maximum absolute atomic E-state index is 5.29. The molecule has 0 unspecified atom stereocenters. The normalized spacial score (nSPS) is 10.3. The maximum Gasteiger partial charge on any atom is 0.193 e. The summed E-state index contributed by atoms with van der Waals surface area (Å²) < 4.78 is 10.5. The van der Waals surface area contributed by atoms with Crippen LogP contribution in [0.3, 0.4) is 0 Å². The minimum absolute atomic E-state index is 0.924. The quantitative estimate of drug-likeness (QED) is 0.412. The van der Waals surface area contributed by atoms with E-state index in [0.717, 1.165) is 16.5 Å². The highest BCUT2D eigenvalue weighted by atomic mass is 127. The Kier molecular flexibility index (Phi) is 7.32. The molecule has 1 aromatic heterocycles. The number of hydrogen-bond donors (Lipinski definition) is 0. The third-order valence-corrected chi connectivity index (χ3v) is 4.64. The Bertz CT molecular complexity index is 289. The van der Waals surface area contributed by atoms with E-state index >= 15 is 0 Å². The number of hydrogen-bond acceptors (Lipinski definition) is 3. The van der Waals surface area contributed by atoms with Gasteiger partial charge in [-0.05, 0) is 18.9 Å². The van der Waals surface area contributed by atoms with Gasteiger partial charge in [0.25, 0.3) is 0 Å². The maximum atomic E-state index is 5.29. The van der Waals surface area contributed by atoms with Crippen LogP contribution in [0.15, 0.2) is 6.07 Å². The summed E-state index contributed by atoms with van der Waals surface area (Å²) in [4.78, 5) is 0. The van der Waals surface area contributed by atoms with Crippen molar-refractivity contribution in [3.63, 3.8) is 0 Å². The van der Waals surface area contributed by atoms with Crippen molar-refractivity contribution in [3.05, 3.63) is 11.6 Å². The summed E-state index contributed by atoms with van der Waals surface area (Å²) in [5, 5.41) is 1.91. The van der Waals surface area contributed by atoms with Crippen LogP contribution in [-0.2, 0) is 6.42 Å². The Labute approximate surface area is 123 Å². The molecular weight excluding hydrogens is 438 g/mol. The number of halogens is 2. The Morgan fingerprint density at radius 3 is 2.60 bits per heavy atom.